The van der Waals surface area contributed by atoms with Gasteiger partial charge in [-0.3, -0.25) is 19.9 Å². The van der Waals surface area contributed by atoms with E-state index in [1.807, 2.05) is 97.1 Å². The standard InChI is InChI=1S/C18H14N2O2.C15H11N3.F6P.Os/c1-22-18(21)15-11-13(16-6-2-4-8-19-16)10-14(12-15)17-7-3-5-9-20-17;1-3-10-16-12(6-1)14-8-5-9-15(18-14)13-7-2-4-11-17-13;1-7(2,3,4,5)6;/h2-12H,1H3;1-11H;;/q;;-1;. The fourth-order valence-electron chi connectivity index (χ4n) is 3.97. The Morgan fingerprint density at radius 1 is 0.521 bits per heavy atom. The van der Waals surface area contributed by atoms with E-state index in [2.05, 4.69) is 24.9 Å². The van der Waals surface area contributed by atoms with E-state index in [1.54, 1.807) is 36.9 Å². The van der Waals surface area contributed by atoms with Crippen molar-refractivity contribution in [1.29, 1.82) is 0 Å². The minimum absolute atomic E-state index is 0. The van der Waals surface area contributed by atoms with E-state index in [9.17, 15) is 30.0 Å². The fourth-order valence-corrected chi connectivity index (χ4v) is 3.97. The predicted octanol–water partition coefficient (Wildman–Crippen LogP) is 10.2. The van der Waals surface area contributed by atoms with Gasteiger partial charge < -0.3 is 4.74 Å². The van der Waals surface area contributed by atoms with Crippen LogP contribution in [0.3, 0.4) is 0 Å². The molecule has 7 nitrogen and oxygen atoms in total. The van der Waals surface area contributed by atoms with Gasteiger partial charge in [0.05, 0.1) is 46.8 Å². The molecule has 0 aliphatic rings. The number of carbonyl (C=O) groups is 1. The number of esters is 1. The van der Waals surface area contributed by atoms with Gasteiger partial charge in [0.25, 0.3) is 0 Å². The van der Waals surface area contributed by atoms with Gasteiger partial charge in [-0.1, -0.05) is 30.3 Å². The number of methoxy groups -OCH3 is 1. The molecule has 0 aliphatic carbocycles. The Kier molecular flexibility index (Phi) is 12.0. The molecule has 0 atom stereocenters. The van der Waals surface area contributed by atoms with Crippen molar-refractivity contribution < 1.29 is 54.5 Å². The maximum absolute atomic E-state index is 11.9. The molecule has 1 aromatic carbocycles. The monoisotopic (exact) mass is 860 g/mol. The number of rotatable bonds is 5. The van der Waals surface area contributed by atoms with E-state index in [0.717, 1.165) is 45.3 Å². The zero-order valence-electron chi connectivity index (χ0n) is 24.8. The molecule has 250 valence electrons. The van der Waals surface area contributed by atoms with Crippen LogP contribution in [0.4, 0.5) is 25.2 Å². The van der Waals surface area contributed by atoms with Crippen molar-refractivity contribution in [3.63, 3.8) is 0 Å². The number of aromatic nitrogens is 5. The summed E-state index contributed by atoms with van der Waals surface area (Å²) >= 11 is 0. The Bertz CT molecular complexity index is 1810. The van der Waals surface area contributed by atoms with Crippen molar-refractivity contribution >= 4 is 13.8 Å². The van der Waals surface area contributed by atoms with Gasteiger partial charge in [-0.25, -0.2) is 9.78 Å². The number of pyridine rings is 5. The number of hydrogen-bond donors (Lipinski definition) is 0. The van der Waals surface area contributed by atoms with Gasteiger partial charge in [-0.15, -0.1) is 0 Å². The average molecular weight is 859 g/mol. The van der Waals surface area contributed by atoms with Gasteiger partial charge in [0, 0.05) is 55.7 Å². The second kappa shape index (κ2) is 15.3. The fraction of sp³-hybridized carbons (Fsp3) is 0.0303. The molecule has 0 saturated carbocycles. The summed E-state index contributed by atoms with van der Waals surface area (Å²) in [6.45, 7) is 0. The van der Waals surface area contributed by atoms with E-state index < -0.39 is 7.81 Å². The van der Waals surface area contributed by atoms with Crippen molar-refractivity contribution in [2.45, 2.75) is 0 Å². The largest absolute Gasteiger partial charge is 0.255 e. The molecule has 0 amide bonds. The third-order valence-electron chi connectivity index (χ3n) is 5.88. The summed E-state index contributed by atoms with van der Waals surface area (Å²) in [7, 11) is -9.29. The Labute approximate surface area is 284 Å². The van der Waals surface area contributed by atoms with Crippen LogP contribution >= 0.6 is 7.81 Å². The molecular formula is C33H25F6N5O2OsP-. The molecule has 0 unspecified atom stereocenters. The van der Waals surface area contributed by atoms with Crippen LogP contribution in [0.1, 0.15) is 10.4 Å². The molecule has 0 aliphatic heterocycles. The van der Waals surface area contributed by atoms with E-state index >= 15 is 0 Å². The molecule has 5 aromatic heterocycles. The molecule has 5 heterocycles. The Balaban J connectivity index is 0.000000217. The summed E-state index contributed by atoms with van der Waals surface area (Å²) in [5.41, 5.74) is 7.23. The first-order valence-electron chi connectivity index (χ1n) is 13.6. The smallest absolute Gasteiger partial charge is 0.0894 e. The van der Waals surface area contributed by atoms with Crippen molar-refractivity contribution in [1.82, 2.24) is 24.9 Å². The summed E-state index contributed by atoms with van der Waals surface area (Å²) in [6, 6.07) is 34.3. The Morgan fingerprint density at radius 3 is 1.17 bits per heavy atom. The average Bonchev–Trinajstić information content (AvgIpc) is 3.08. The molecule has 0 N–H and O–H groups in total. The molecule has 15 heteroatoms. The first-order valence-corrected chi connectivity index (χ1v) is 15.6. The first kappa shape index (κ1) is 37.5. The number of benzene rings is 1. The number of ether oxygens (including phenoxy) is 1. The third-order valence-corrected chi connectivity index (χ3v) is 5.88. The van der Waals surface area contributed by atoms with Gasteiger partial charge in [-0.2, -0.15) is 0 Å². The molecule has 0 fully saturated rings. The van der Waals surface area contributed by atoms with E-state index in [1.165, 1.54) is 7.11 Å². The van der Waals surface area contributed by atoms with Crippen molar-refractivity contribution in [2.75, 3.05) is 7.11 Å². The SMILES string of the molecule is COC(=O)c1cc(-c2ccccn2)cc(-c2ccccn2)c1.F[P-](F)(F)(F)(F)F.[Os].c1ccc(-c2cccc(-c3ccccn3)n2)nc1. The van der Waals surface area contributed by atoms with Crippen molar-refractivity contribution in [2.24, 2.45) is 0 Å². The van der Waals surface area contributed by atoms with Gasteiger partial charge >= 0.3 is 39.0 Å². The quantitative estimate of drug-likeness (QED) is 0.0969. The second-order valence-electron chi connectivity index (χ2n) is 9.52. The van der Waals surface area contributed by atoms with E-state index in [0.29, 0.717) is 5.56 Å². The number of carbonyl (C=O) groups excluding carboxylic acids is 1. The maximum Gasteiger partial charge on any atom is 0.0894 e. The van der Waals surface area contributed by atoms with Crippen LogP contribution in [0, 0.1) is 0 Å². The molecule has 0 radical (unpaired) electrons. The predicted molar refractivity (Wildman–Crippen MR) is 169 cm³/mol. The number of halogens is 6. The molecule has 0 bridgehead atoms. The van der Waals surface area contributed by atoms with E-state index in [-0.39, 0.29) is 25.8 Å². The van der Waals surface area contributed by atoms with Crippen LogP contribution in [0.15, 0.2) is 134 Å². The van der Waals surface area contributed by atoms with Crippen LogP contribution in [0.25, 0.3) is 45.3 Å². The van der Waals surface area contributed by atoms with Crippen LogP contribution in [0.5, 0.6) is 0 Å². The topological polar surface area (TPSA) is 90.8 Å². The summed E-state index contributed by atoms with van der Waals surface area (Å²) in [5.74, 6) is -0.380. The second-order valence-corrected chi connectivity index (χ2v) is 11.4. The summed E-state index contributed by atoms with van der Waals surface area (Å²) < 4.78 is 64.0. The zero-order valence-corrected chi connectivity index (χ0v) is 28.3. The van der Waals surface area contributed by atoms with Crippen LogP contribution < -0.4 is 0 Å². The van der Waals surface area contributed by atoms with Gasteiger partial charge in [0.1, 0.15) is 0 Å². The van der Waals surface area contributed by atoms with Crippen molar-refractivity contribution in [3.05, 3.63) is 140 Å². The zero-order chi connectivity index (χ0) is 34.0. The number of hydrogen-bond acceptors (Lipinski definition) is 7. The molecule has 6 aromatic rings. The summed E-state index contributed by atoms with van der Waals surface area (Å²) in [4.78, 5) is 33.8. The summed E-state index contributed by atoms with van der Waals surface area (Å²) in [5, 5.41) is 0. The Morgan fingerprint density at radius 2 is 0.854 bits per heavy atom. The number of nitrogens with zero attached hydrogens (tertiary/aromatic N) is 5. The first-order chi connectivity index (χ1) is 22.2. The molecule has 6 rings (SSSR count). The maximum atomic E-state index is 11.9. The van der Waals surface area contributed by atoms with E-state index in [4.69, 9.17) is 4.74 Å². The summed E-state index contributed by atoms with van der Waals surface area (Å²) in [6.07, 6.45) is 6.98. The minimum atomic E-state index is -10.7. The molecule has 0 spiro atoms. The molecule has 48 heavy (non-hydrogen) atoms. The molecular weight excluding hydrogens is 834 g/mol. The Hall–Kier alpha value is -4.91. The van der Waals surface area contributed by atoms with Crippen LogP contribution in [-0.4, -0.2) is 38.0 Å². The van der Waals surface area contributed by atoms with Crippen LogP contribution in [0.2, 0.25) is 0 Å². The van der Waals surface area contributed by atoms with Gasteiger partial charge in [-0.05, 0) is 78.9 Å². The minimum Gasteiger partial charge on any atom is -0.255 e. The van der Waals surface area contributed by atoms with Gasteiger partial charge in [0.15, 0.2) is 0 Å². The molecule has 0 saturated heterocycles. The third kappa shape index (κ3) is 13.1. The van der Waals surface area contributed by atoms with Crippen molar-refractivity contribution in [3.8, 4) is 45.3 Å². The van der Waals surface area contributed by atoms with Gasteiger partial charge in [0.2, 0.25) is 0 Å². The van der Waals surface area contributed by atoms with Crippen LogP contribution in [-0.2, 0) is 24.5 Å². The normalized spacial score (nSPS) is 11.9.